The summed E-state index contributed by atoms with van der Waals surface area (Å²) in [6.07, 6.45) is 14.0. The highest BCUT2D eigenvalue weighted by Gasteiger charge is 2.64. The maximum atomic E-state index is 5.02. The zero-order chi connectivity index (χ0) is 96.7. The fourth-order valence-corrected chi connectivity index (χ4v) is 28.5. The SMILES string of the molecule is Cc1ccc(-c2nc(-c3ccc(C)cc3)nc(-c3ccc(N4c5ccccc5C5(c6ccccc64)C4CC6CC(C4)CC5C6)cc3)n2)cc1.c1ccc(-c2nc(-c3ccccc3)nc(-c3ccc(N4c5ccccc5C5(c6ccccc6-c6ccccc65)c5ccccc54)cc3)n2)cc1.c1ccc(-c2nc(-c3ccccc3)nc(-c3ccc(N4c5ccccc5C5(c6ccccc64)C4CC6CC(C4)CC5C6)cc3)n2)cc1. The minimum Gasteiger partial charge on any atom is -0.310 e. The molecule has 20 aromatic rings. The first-order valence-electron chi connectivity index (χ1n) is 52.2. The van der Waals surface area contributed by atoms with Crippen LogP contribution < -0.4 is 14.7 Å². The molecule has 0 unspecified atom stereocenters. The molecule has 0 N–H and O–H groups in total. The smallest absolute Gasteiger partial charge is 0.164 e. The quantitative estimate of drug-likeness (QED) is 0.116. The molecule has 9 aliphatic carbocycles. The first-order chi connectivity index (χ1) is 72.1. The van der Waals surface area contributed by atoms with E-state index in [-0.39, 0.29) is 10.8 Å². The van der Waals surface area contributed by atoms with Crippen molar-refractivity contribution >= 4 is 51.2 Å². The van der Waals surface area contributed by atoms with Gasteiger partial charge in [0.2, 0.25) is 0 Å². The highest BCUT2D eigenvalue weighted by atomic mass is 15.2. The maximum Gasteiger partial charge on any atom is 0.164 e. The van der Waals surface area contributed by atoms with E-state index in [1.807, 2.05) is 97.1 Å². The molecule has 3 aliphatic heterocycles. The summed E-state index contributed by atoms with van der Waals surface area (Å²) in [6, 6.07) is 157. The summed E-state index contributed by atoms with van der Waals surface area (Å²) < 4.78 is 0. The number of anilines is 9. The lowest BCUT2D eigenvalue weighted by Crippen LogP contribution is -2.57. The summed E-state index contributed by atoms with van der Waals surface area (Å²) in [5, 5.41) is 0. The van der Waals surface area contributed by atoms with Crippen molar-refractivity contribution in [2.75, 3.05) is 14.7 Å². The van der Waals surface area contributed by atoms with E-state index in [0.29, 0.717) is 52.4 Å². The van der Waals surface area contributed by atoms with Gasteiger partial charge in [-0.1, -0.05) is 339 Å². The molecule has 0 saturated heterocycles. The van der Waals surface area contributed by atoms with Crippen molar-refractivity contribution in [3.63, 3.8) is 0 Å². The van der Waals surface area contributed by atoms with Crippen LogP contribution in [0.3, 0.4) is 0 Å². The molecule has 8 bridgehead atoms. The second-order valence-corrected chi connectivity index (χ2v) is 42.1. The molecule has 12 nitrogen and oxygen atoms in total. The molecular formula is C134H106N12. The fraction of sp³-hybridized carbons (Fsp3) is 0.172. The molecule has 12 heteroatoms. The normalized spacial score (nSPS) is 19.6. The number of fused-ring (bicyclic) bond motifs is 13. The van der Waals surface area contributed by atoms with E-state index in [1.54, 1.807) is 0 Å². The van der Waals surface area contributed by atoms with Crippen LogP contribution in [0.1, 0.15) is 120 Å². The van der Waals surface area contributed by atoms with Gasteiger partial charge in [-0.15, -0.1) is 0 Å². The Morgan fingerprint density at radius 3 is 0.582 bits per heavy atom. The summed E-state index contributed by atoms with van der Waals surface area (Å²) >= 11 is 0. The van der Waals surface area contributed by atoms with E-state index in [9.17, 15) is 0 Å². The van der Waals surface area contributed by atoms with E-state index in [4.69, 9.17) is 44.9 Å². The lowest BCUT2D eigenvalue weighted by molar-refractivity contribution is -0.0419. The Bertz CT molecular complexity index is 7980. The van der Waals surface area contributed by atoms with Crippen molar-refractivity contribution in [2.45, 2.75) is 94.3 Å². The Hall–Kier alpha value is -16.8. The van der Waals surface area contributed by atoms with Crippen molar-refractivity contribution in [3.8, 4) is 114 Å². The van der Waals surface area contributed by atoms with Gasteiger partial charge in [-0.3, -0.25) is 0 Å². The van der Waals surface area contributed by atoms with Gasteiger partial charge < -0.3 is 14.7 Å². The van der Waals surface area contributed by atoms with Gasteiger partial charge in [-0.05, 0) is 290 Å². The van der Waals surface area contributed by atoms with E-state index in [1.165, 1.54) is 165 Å². The van der Waals surface area contributed by atoms with Crippen molar-refractivity contribution in [1.82, 2.24) is 44.9 Å². The van der Waals surface area contributed by atoms with E-state index in [2.05, 4.69) is 368 Å². The van der Waals surface area contributed by atoms with Gasteiger partial charge in [0.05, 0.1) is 39.5 Å². The summed E-state index contributed by atoms with van der Waals surface area (Å²) in [4.78, 5) is 52.1. The number of rotatable bonds is 12. The molecule has 146 heavy (non-hydrogen) atoms. The van der Waals surface area contributed by atoms with E-state index < -0.39 is 5.41 Å². The number of nitrogens with zero attached hydrogens (tertiary/aromatic N) is 12. The van der Waals surface area contributed by atoms with Gasteiger partial charge in [0, 0.05) is 78.0 Å². The lowest BCUT2D eigenvalue weighted by atomic mass is 9.41. The van der Waals surface area contributed by atoms with Crippen LogP contribution in [0.15, 0.2) is 437 Å². The van der Waals surface area contributed by atoms with Gasteiger partial charge >= 0.3 is 0 Å². The molecule has 8 fully saturated rings. The highest BCUT2D eigenvalue weighted by molar-refractivity contribution is 5.97. The van der Waals surface area contributed by atoms with Crippen LogP contribution in [0.4, 0.5) is 51.2 Å². The highest BCUT2D eigenvalue weighted by Crippen LogP contribution is 2.73. The Balaban J connectivity index is 0.000000106. The Morgan fingerprint density at radius 1 is 0.171 bits per heavy atom. The number of aromatic nitrogens is 9. The van der Waals surface area contributed by atoms with Crippen LogP contribution in [-0.2, 0) is 16.2 Å². The number of benzene rings is 17. The van der Waals surface area contributed by atoms with Crippen molar-refractivity contribution < 1.29 is 0 Å². The topological polar surface area (TPSA) is 126 Å². The second kappa shape index (κ2) is 35.3. The largest absolute Gasteiger partial charge is 0.310 e. The van der Waals surface area contributed by atoms with Crippen LogP contribution in [-0.4, -0.2) is 44.9 Å². The number of hydrogen-bond donors (Lipinski definition) is 0. The zero-order valence-electron chi connectivity index (χ0n) is 81.6. The second-order valence-electron chi connectivity index (χ2n) is 42.1. The Kier molecular flexibility index (Phi) is 21.1. The van der Waals surface area contributed by atoms with Crippen LogP contribution >= 0.6 is 0 Å². The van der Waals surface area contributed by atoms with E-state index >= 15 is 0 Å². The first kappa shape index (κ1) is 87.0. The Morgan fingerprint density at radius 2 is 0.349 bits per heavy atom. The van der Waals surface area contributed by atoms with Crippen LogP contribution in [0.5, 0.6) is 0 Å². The molecular weight excluding hydrogens is 1780 g/mol. The number of hydrogen-bond acceptors (Lipinski definition) is 12. The van der Waals surface area contributed by atoms with Gasteiger partial charge in [-0.25, -0.2) is 44.9 Å². The Labute approximate surface area is 852 Å². The summed E-state index contributed by atoms with van der Waals surface area (Å²) in [5.41, 5.74) is 36.0. The molecule has 32 rings (SSSR count). The summed E-state index contributed by atoms with van der Waals surface area (Å²) in [5.74, 6) is 12.6. The van der Waals surface area contributed by atoms with Gasteiger partial charge in [0.1, 0.15) is 0 Å². The molecule has 3 spiro atoms. The third-order valence-electron chi connectivity index (χ3n) is 34.1. The van der Waals surface area contributed by atoms with Crippen molar-refractivity contribution in [2.24, 2.45) is 47.3 Å². The fourth-order valence-electron chi connectivity index (χ4n) is 28.5. The minimum atomic E-state index is -0.427. The average Bonchev–Trinajstić information content (AvgIpc) is 1.60. The molecule has 17 aromatic carbocycles. The number of para-hydroxylation sites is 6. The van der Waals surface area contributed by atoms with Crippen LogP contribution in [0.2, 0.25) is 0 Å². The van der Waals surface area contributed by atoms with Crippen LogP contribution in [0, 0.1) is 61.2 Å². The van der Waals surface area contributed by atoms with E-state index in [0.717, 1.165) is 114 Å². The summed E-state index contributed by atoms with van der Waals surface area (Å²) in [6.45, 7) is 4.20. The van der Waals surface area contributed by atoms with Crippen molar-refractivity contribution in [1.29, 1.82) is 0 Å². The zero-order valence-corrected chi connectivity index (χ0v) is 81.6. The molecule has 8 saturated carbocycles. The average molecular weight is 1880 g/mol. The third-order valence-corrected chi connectivity index (χ3v) is 34.1. The maximum absolute atomic E-state index is 5.02. The molecule has 12 aliphatic rings. The molecule has 6 heterocycles. The molecule has 702 valence electrons. The molecule has 0 radical (unpaired) electrons. The molecule has 0 atom stereocenters. The first-order valence-corrected chi connectivity index (χ1v) is 52.2. The number of aryl methyl sites for hydroxylation is 2. The van der Waals surface area contributed by atoms with Gasteiger partial charge in [0.15, 0.2) is 52.4 Å². The molecule has 0 amide bonds. The van der Waals surface area contributed by atoms with Gasteiger partial charge in [0.25, 0.3) is 0 Å². The standard InChI is InChI=1S/C46H30N4.C45H40N4.C43H36N4/c1-3-15-31(16-4-1)43-47-44(32-17-5-2-6-18-32)49-45(48-43)33-27-29-34(30-28-33)50-41-25-13-11-23-39(41)46(40-24-12-14-26-42(40)50)37-21-9-7-19-35(37)36-20-8-10-22-38(36)46;1-28-11-15-32(16-12-28)42-46-43(33-17-13-29(2)14-18-33)48-44(47-42)34-19-21-37(22-20-34)49-40-9-5-3-7-38(40)45(39-8-4-6-10-41(39)49)35-24-30-23-31(26-35)27-36(45)25-30;1-3-11-30(12-4-1)40-44-41(31-13-5-2-6-14-31)46-42(45-40)32-19-21-35(22-20-32)47-38-17-9-7-15-36(38)43(37-16-8-10-18-39(37)47)33-24-28-23-29(26-33)27-34(43)25-28/h1-30H;3-22,30-31,35-36H,23-27H2,1-2H3;1-22,28-29,33-34H,23-27H2. The molecule has 3 aromatic heterocycles. The lowest BCUT2D eigenvalue weighted by Gasteiger charge is -2.64. The summed E-state index contributed by atoms with van der Waals surface area (Å²) in [7, 11) is 0. The predicted octanol–water partition coefficient (Wildman–Crippen LogP) is 32.4. The monoisotopic (exact) mass is 1880 g/mol. The minimum absolute atomic E-state index is 0.112. The van der Waals surface area contributed by atoms with Crippen molar-refractivity contribution in [3.05, 3.63) is 492 Å². The van der Waals surface area contributed by atoms with Gasteiger partial charge in [-0.2, -0.15) is 0 Å². The van der Waals surface area contributed by atoms with Crippen LogP contribution in [0.25, 0.3) is 114 Å². The third kappa shape index (κ3) is 14.2. The predicted molar refractivity (Wildman–Crippen MR) is 588 cm³/mol.